The minimum Gasteiger partial charge on any atom is -0.358 e. The number of hydrogen-bond acceptors (Lipinski definition) is 2. The third kappa shape index (κ3) is 4.88. The highest BCUT2D eigenvalue weighted by atomic mass is 35.5. The molecule has 1 aromatic rings. The molecule has 0 atom stereocenters. The van der Waals surface area contributed by atoms with E-state index >= 15 is 0 Å². The highest BCUT2D eigenvalue weighted by molar-refractivity contribution is 6.33. The Morgan fingerprint density at radius 2 is 1.91 bits per heavy atom. The van der Waals surface area contributed by atoms with Crippen LogP contribution in [-0.4, -0.2) is 13.3 Å². The van der Waals surface area contributed by atoms with E-state index in [-0.39, 0.29) is 0 Å². The first kappa shape index (κ1) is 18.2. The largest absolute Gasteiger partial charge is 0.358 e. The molecule has 0 saturated heterocycles. The van der Waals surface area contributed by atoms with Crippen LogP contribution in [0.4, 0.5) is 5.69 Å². The standard InChI is InChI=1S/C19H25ClN2/c1-7-8-16(9-10-21-6)17-11-14(4)19(18(20)12-17)22-15(5)13(2)3/h7-12,22H,1-6H3/b8-7+,16-9+,21-10-. The predicted molar refractivity (Wildman–Crippen MR) is 101 cm³/mol. The third-order valence-corrected chi connectivity index (χ3v) is 3.73. The van der Waals surface area contributed by atoms with Gasteiger partial charge in [0.1, 0.15) is 0 Å². The normalized spacial score (nSPS) is 12.2. The molecule has 1 rings (SSSR count). The van der Waals surface area contributed by atoms with Crippen LogP contribution in [0.2, 0.25) is 5.02 Å². The van der Waals surface area contributed by atoms with Gasteiger partial charge in [-0.15, -0.1) is 0 Å². The van der Waals surface area contributed by atoms with E-state index in [1.54, 1.807) is 13.3 Å². The summed E-state index contributed by atoms with van der Waals surface area (Å²) in [5.41, 5.74) is 6.62. The number of aliphatic imine (C=N–C) groups is 1. The number of hydrogen-bond donors (Lipinski definition) is 1. The Labute approximate surface area is 139 Å². The highest BCUT2D eigenvalue weighted by Gasteiger charge is 2.09. The summed E-state index contributed by atoms with van der Waals surface area (Å²) in [4.78, 5) is 4.02. The predicted octanol–water partition coefficient (Wildman–Crippen LogP) is 6.03. The lowest BCUT2D eigenvalue weighted by molar-refractivity contribution is 1.22. The average Bonchev–Trinajstić information content (AvgIpc) is 2.46. The van der Waals surface area contributed by atoms with Crippen LogP contribution in [0.1, 0.15) is 38.8 Å². The number of halogens is 1. The first-order valence-electron chi connectivity index (χ1n) is 7.37. The Morgan fingerprint density at radius 1 is 1.23 bits per heavy atom. The van der Waals surface area contributed by atoms with Crippen molar-refractivity contribution in [1.29, 1.82) is 0 Å². The molecule has 1 N–H and O–H groups in total. The van der Waals surface area contributed by atoms with Crippen molar-refractivity contribution < 1.29 is 0 Å². The summed E-state index contributed by atoms with van der Waals surface area (Å²) in [6, 6.07) is 4.13. The molecule has 0 fully saturated rings. The quantitative estimate of drug-likeness (QED) is 0.520. The molecule has 22 heavy (non-hydrogen) atoms. The molecule has 3 heteroatoms. The molecule has 1 aromatic carbocycles. The zero-order chi connectivity index (χ0) is 16.7. The molecule has 0 radical (unpaired) electrons. The lowest BCUT2D eigenvalue weighted by Gasteiger charge is -2.15. The maximum atomic E-state index is 6.49. The van der Waals surface area contributed by atoms with Gasteiger partial charge in [-0.25, -0.2) is 0 Å². The smallest absolute Gasteiger partial charge is 0.0649 e. The van der Waals surface area contributed by atoms with Crippen molar-refractivity contribution in [3.63, 3.8) is 0 Å². The minimum atomic E-state index is 0.722. The van der Waals surface area contributed by atoms with Gasteiger partial charge >= 0.3 is 0 Å². The van der Waals surface area contributed by atoms with E-state index in [2.05, 4.69) is 50.1 Å². The number of nitrogens with zero attached hydrogens (tertiary/aromatic N) is 1. The van der Waals surface area contributed by atoms with Crippen LogP contribution in [0.15, 0.2) is 46.6 Å². The molecule has 0 bridgehead atoms. The van der Waals surface area contributed by atoms with Crippen LogP contribution < -0.4 is 5.32 Å². The number of rotatable bonds is 5. The second-order valence-electron chi connectivity index (χ2n) is 5.43. The molecule has 0 saturated carbocycles. The molecular formula is C19H25ClN2. The molecule has 0 aliphatic heterocycles. The van der Waals surface area contributed by atoms with Crippen molar-refractivity contribution in [2.45, 2.75) is 34.6 Å². The van der Waals surface area contributed by atoms with Gasteiger partial charge < -0.3 is 5.32 Å². The van der Waals surface area contributed by atoms with Gasteiger partial charge in [0, 0.05) is 19.0 Å². The summed E-state index contributed by atoms with van der Waals surface area (Å²) in [5.74, 6) is 0. The molecule has 0 heterocycles. The molecule has 0 amide bonds. The van der Waals surface area contributed by atoms with Crippen molar-refractivity contribution in [1.82, 2.24) is 0 Å². The average molecular weight is 317 g/mol. The molecular weight excluding hydrogens is 292 g/mol. The zero-order valence-electron chi connectivity index (χ0n) is 14.3. The highest BCUT2D eigenvalue weighted by Crippen LogP contribution is 2.32. The van der Waals surface area contributed by atoms with Gasteiger partial charge in [-0.3, -0.25) is 4.99 Å². The van der Waals surface area contributed by atoms with Crippen molar-refractivity contribution in [3.8, 4) is 0 Å². The minimum absolute atomic E-state index is 0.722. The summed E-state index contributed by atoms with van der Waals surface area (Å²) in [5, 5.41) is 4.12. The van der Waals surface area contributed by atoms with Crippen LogP contribution in [-0.2, 0) is 0 Å². The van der Waals surface area contributed by atoms with Gasteiger partial charge in [-0.05, 0) is 69.5 Å². The molecule has 0 aromatic heterocycles. The second kappa shape index (κ2) is 8.60. The summed E-state index contributed by atoms with van der Waals surface area (Å²) in [6.07, 6.45) is 7.84. The third-order valence-electron chi connectivity index (χ3n) is 3.43. The van der Waals surface area contributed by atoms with E-state index in [4.69, 9.17) is 11.6 Å². The van der Waals surface area contributed by atoms with E-state index in [9.17, 15) is 0 Å². The second-order valence-corrected chi connectivity index (χ2v) is 5.84. The molecule has 0 aliphatic rings. The first-order valence-corrected chi connectivity index (χ1v) is 7.75. The number of benzene rings is 1. The van der Waals surface area contributed by atoms with Crippen LogP contribution in [0.5, 0.6) is 0 Å². The van der Waals surface area contributed by atoms with Crippen LogP contribution >= 0.6 is 11.6 Å². The van der Waals surface area contributed by atoms with Gasteiger partial charge in [0.15, 0.2) is 0 Å². The van der Waals surface area contributed by atoms with Crippen molar-refractivity contribution >= 4 is 29.1 Å². The topological polar surface area (TPSA) is 24.4 Å². The monoisotopic (exact) mass is 316 g/mol. The van der Waals surface area contributed by atoms with E-state index in [0.29, 0.717) is 0 Å². The number of anilines is 1. The van der Waals surface area contributed by atoms with Crippen LogP contribution in [0, 0.1) is 6.92 Å². The molecule has 118 valence electrons. The zero-order valence-corrected chi connectivity index (χ0v) is 15.0. The molecule has 0 aliphatic carbocycles. The lowest BCUT2D eigenvalue weighted by Crippen LogP contribution is -2.01. The van der Waals surface area contributed by atoms with Crippen molar-refractivity contribution in [2.24, 2.45) is 4.99 Å². The first-order chi connectivity index (χ1) is 10.4. The van der Waals surface area contributed by atoms with Gasteiger partial charge in [-0.1, -0.05) is 29.3 Å². The fourth-order valence-electron chi connectivity index (χ4n) is 1.96. The van der Waals surface area contributed by atoms with E-state index in [1.165, 1.54) is 5.57 Å². The van der Waals surface area contributed by atoms with Gasteiger partial charge in [0.2, 0.25) is 0 Å². The van der Waals surface area contributed by atoms with E-state index in [1.807, 2.05) is 25.1 Å². The molecule has 2 nitrogen and oxygen atoms in total. The Balaban J connectivity index is 3.31. The maximum Gasteiger partial charge on any atom is 0.0649 e. The summed E-state index contributed by atoms with van der Waals surface area (Å²) in [6.45, 7) is 10.3. The fourth-order valence-corrected chi connectivity index (χ4v) is 2.28. The van der Waals surface area contributed by atoms with Gasteiger partial charge in [0.05, 0.1) is 10.7 Å². The molecule has 0 unspecified atom stereocenters. The molecule has 0 spiro atoms. The number of nitrogens with one attached hydrogen (secondary N) is 1. The summed E-state index contributed by atoms with van der Waals surface area (Å²) >= 11 is 6.49. The van der Waals surface area contributed by atoms with Crippen molar-refractivity contribution in [2.75, 3.05) is 12.4 Å². The number of aryl methyl sites for hydroxylation is 1. The Bertz CT molecular complexity index is 622. The Kier molecular flexibility index (Phi) is 7.13. The van der Waals surface area contributed by atoms with Crippen LogP contribution in [0.3, 0.4) is 0 Å². The number of allylic oxidation sites excluding steroid dienone is 6. The van der Waals surface area contributed by atoms with Crippen LogP contribution in [0.25, 0.3) is 5.57 Å². The summed E-state index contributed by atoms with van der Waals surface area (Å²) in [7, 11) is 1.76. The lowest BCUT2D eigenvalue weighted by atomic mass is 10.0. The Morgan fingerprint density at radius 3 is 2.41 bits per heavy atom. The van der Waals surface area contributed by atoms with Gasteiger partial charge in [-0.2, -0.15) is 0 Å². The van der Waals surface area contributed by atoms with Gasteiger partial charge in [0.25, 0.3) is 0 Å². The van der Waals surface area contributed by atoms with Crippen molar-refractivity contribution in [3.05, 3.63) is 57.8 Å². The van der Waals surface area contributed by atoms with E-state index in [0.717, 1.165) is 33.1 Å². The SMILES string of the molecule is C/C=C/C(=C\C=N/C)c1cc(C)c(NC(C)=C(C)C)c(Cl)c1. The summed E-state index contributed by atoms with van der Waals surface area (Å²) < 4.78 is 0. The Hall–Kier alpha value is -1.80. The fraction of sp³-hybridized carbons (Fsp3) is 0.316. The van der Waals surface area contributed by atoms with E-state index < -0.39 is 0 Å². The maximum absolute atomic E-state index is 6.49.